The first kappa shape index (κ1) is 38.4. The summed E-state index contributed by atoms with van der Waals surface area (Å²) in [5.41, 5.74) is 3.22. The number of carboxylic acids is 1. The van der Waals surface area contributed by atoms with Gasteiger partial charge in [0.25, 0.3) is 0 Å². The molecule has 6 saturated carbocycles. The monoisotopic (exact) mass is 757 g/mol. The highest BCUT2D eigenvalue weighted by atomic mass is 35.5. The number of carboxylic acid groups (broad SMARTS) is 1. The molecule has 1 aromatic carbocycles. The van der Waals surface area contributed by atoms with Crippen molar-refractivity contribution in [1.82, 2.24) is 5.32 Å². The van der Waals surface area contributed by atoms with Gasteiger partial charge in [0.15, 0.2) is 5.78 Å². The number of ketones is 2. The van der Waals surface area contributed by atoms with E-state index >= 15 is 0 Å². The Kier molecular flexibility index (Phi) is 9.27. The summed E-state index contributed by atoms with van der Waals surface area (Å²) in [6, 6.07) is 7.89. The third-order valence-corrected chi connectivity index (χ3v) is 18.2. The minimum Gasteiger partial charge on any atom is -0.481 e. The van der Waals surface area contributed by atoms with Gasteiger partial charge in [-0.3, -0.25) is 19.2 Å². The summed E-state index contributed by atoms with van der Waals surface area (Å²) >= 11 is 6.20. The van der Waals surface area contributed by atoms with Crippen LogP contribution >= 0.6 is 11.6 Å². The Morgan fingerprint density at radius 1 is 0.870 bits per heavy atom. The summed E-state index contributed by atoms with van der Waals surface area (Å²) in [7, 11) is 0. The topological polar surface area (TPSA) is 101 Å². The van der Waals surface area contributed by atoms with Gasteiger partial charge >= 0.3 is 5.97 Å². The Labute approximate surface area is 328 Å². The number of hydrogen-bond donors (Lipinski definition) is 2. The van der Waals surface area contributed by atoms with Crippen molar-refractivity contribution in [2.75, 3.05) is 0 Å². The highest BCUT2D eigenvalue weighted by Gasteiger charge is 2.66. The first-order chi connectivity index (χ1) is 25.4. The molecular formula is C47H64ClNO5. The average molecular weight is 758 g/mol. The zero-order valence-corrected chi connectivity index (χ0v) is 34.6. The molecule has 7 aliphatic carbocycles. The predicted octanol–water partition coefficient (Wildman–Crippen LogP) is 10.4. The fourth-order valence-corrected chi connectivity index (χ4v) is 15.1. The van der Waals surface area contributed by atoms with Gasteiger partial charge in [0.1, 0.15) is 5.78 Å². The van der Waals surface area contributed by atoms with Crippen LogP contribution in [0.4, 0.5) is 0 Å². The van der Waals surface area contributed by atoms with Crippen LogP contribution in [0.25, 0.3) is 0 Å². The van der Waals surface area contributed by atoms with E-state index in [9.17, 15) is 24.3 Å². The highest BCUT2D eigenvalue weighted by Crippen LogP contribution is 2.74. The first-order valence-electron chi connectivity index (χ1n) is 21.5. The van der Waals surface area contributed by atoms with E-state index in [1.54, 1.807) is 0 Å². The molecule has 0 radical (unpaired) electrons. The van der Waals surface area contributed by atoms with Crippen molar-refractivity contribution in [3.63, 3.8) is 0 Å². The van der Waals surface area contributed by atoms with Crippen molar-refractivity contribution < 1.29 is 24.3 Å². The van der Waals surface area contributed by atoms with Crippen LogP contribution in [0.2, 0.25) is 5.02 Å². The summed E-state index contributed by atoms with van der Waals surface area (Å²) in [6.07, 6.45) is 12.6. The number of nitrogens with one attached hydrogen (secondary N) is 1. The Morgan fingerprint density at radius 3 is 2.19 bits per heavy atom. The SMILES string of the molecule is CC(C)C1=C2C3CCC4C(C)(CCC5C(C)(C)C(CC(=O)C6CC(C(=O)O)C6C)CCC54C)C3CCC2(CC(=O)NC2(c3ccc(Cl)cc3)CC2)CC1=O. The van der Waals surface area contributed by atoms with Crippen LogP contribution in [0.3, 0.4) is 0 Å². The number of amides is 1. The molecule has 0 bridgehead atoms. The summed E-state index contributed by atoms with van der Waals surface area (Å²) in [5, 5.41) is 13.7. The van der Waals surface area contributed by atoms with E-state index in [1.165, 1.54) is 18.4 Å². The lowest BCUT2D eigenvalue weighted by atomic mass is 9.35. The smallest absolute Gasteiger partial charge is 0.306 e. The Morgan fingerprint density at radius 2 is 1.56 bits per heavy atom. The molecule has 11 atom stereocenters. The van der Waals surface area contributed by atoms with E-state index in [-0.39, 0.29) is 62.6 Å². The maximum absolute atomic E-state index is 14.1. The molecule has 0 heterocycles. The van der Waals surface area contributed by atoms with Crippen molar-refractivity contribution in [1.29, 1.82) is 0 Å². The van der Waals surface area contributed by atoms with Crippen LogP contribution in [0, 0.1) is 74.9 Å². The summed E-state index contributed by atoms with van der Waals surface area (Å²) in [5.74, 6) is 1.82. The summed E-state index contributed by atoms with van der Waals surface area (Å²) < 4.78 is 0. The van der Waals surface area contributed by atoms with Crippen molar-refractivity contribution >= 4 is 35.0 Å². The minimum absolute atomic E-state index is 0.0330. The van der Waals surface area contributed by atoms with Gasteiger partial charge in [0.2, 0.25) is 5.91 Å². The van der Waals surface area contributed by atoms with Crippen LogP contribution in [0.5, 0.6) is 0 Å². The first-order valence-corrected chi connectivity index (χ1v) is 21.8. The van der Waals surface area contributed by atoms with Crippen molar-refractivity contribution in [2.24, 2.45) is 74.9 Å². The molecule has 0 saturated heterocycles. The molecule has 2 N–H and O–H groups in total. The van der Waals surface area contributed by atoms with Crippen LogP contribution in [0.1, 0.15) is 144 Å². The second-order valence-corrected chi connectivity index (χ2v) is 21.5. The van der Waals surface area contributed by atoms with Crippen LogP contribution in [-0.4, -0.2) is 28.5 Å². The maximum atomic E-state index is 14.1. The molecule has 11 unspecified atom stereocenters. The number of allylic oxidation sites excluding steroid dienone is 2. The fourth-order valence-electron chi connectivity index (χ4n) is 15.0. The second kappa shape index (κ2) is 13.0. The lowest BCUT2D eigenvalue weighted by molar-refractivity contribution is -0.193. The van der Waals surface area contributed by atoms with E-state index in [0.717, 1.165) is 62.5 Å². The van der Waals surface area contributed by atoms with Crippen molar-refractivity contribution in [2.45, 2.75) is 144 Å². The lowest BCUT2D eigenvalue weighted by Crippen LogP contribution is -2.62. The van der Waals surface area contributed by atoms with E-state index in [0.29, 0.717) is 66.1 Å². The number of benzene rings is 1. The third-order valence-electron chi connectivity index (χ3n) is 18.0. The Balaban J connectivity index is 1.02. The van der Waals surface area contributed by atoms with Gasteiger partial charge in [-0.15, -0.1) is 0 Å². The number of rotatable bonds is 9. The normalized spacial score (nSPS) is 41.5. The summed E-state index contributed by atoms with van der Waals surface area (Å²) in [4.78, 5) is 53.4. The predicted molar refractivity (Wildman–Crippen MR) is 211 cm³/mol. The van der Waals surface area contributed by atoms with Gasteiger partial charge in [0, 0.05) is 35.6 Å². The molecule has 0 aliphatic heterocycles. The summed E-state index contributed by atoms with van der Waals surface area (Å²) in [6.45, 7) is 16.4. The van der Waals surface area contributed by atoms with Crippen LogP contribution in [0.15, 0.2) is 35.4 Å². The van der Waals surface area contributed by atoms with Gasteiger partial charge in [-0.25, -0.2) is 0 Å². The molecule has 0 aromatic heterocycles. The average Bonchev–Trinajstić information content (AvgIpc) is 3.79. The highest BCUT2D eigenvalue weighted by molar-refractivity contribution is 6.30. The fraction of sp³-hybridized carbons (Fsp3) is 0.745. The van der Waals surface area contributed by atoms with Crippen LogP contribution < -0.4 is 5.32 Å². The largest absolute Gasteiger partial charge is 0.481 e. The number of hydrogen-bond acceptors (Lipinski definition) is 4. The van der Waals surface area contributed by atoms with E-state index in [2.05, 4.69) is 46.9 Å². The Bertz CT molecular complexity index is 1770. The van der Waals surface area contributed by atoms with E-state index in [4.69, 9.17) is 11.6 Å². The molecular weight excluding hydrogens is 694 g/mol. The van der Waals surface area contributed by atoms with E-state index in [1.807, 2.05) is 31.2 Å². The van der Waals surface area contributed by atoms with Gasteiger partial charge in [-0.1, -0.05) is 77.8 Å². The zero-order chi connectivity index (χ0) is 38.7. The third kappa shape index (κ3) is 5.74. The molecule has 294 valence electrons. The second-order valence-electron chi connectivity index (χ2n) is 21.0. The van der Waals surface area contributed by atoms with Crippen molar-refractivity contribution in [3.05, 3.63) is 46.0 Å². The molecule has 6 nitrogen and oxygen atoms in total. The maximum Gasteiger partial charge on any atom is 0.306 e. The number of halogens is 1. The zero-order valence-electron chi connectivity index (χ0n) is 33.9. The van der Waals surface area contributed by atoms with E-state index < -0.39 is 5.97 Å². The number of fused-ring (bicyclic) bond motifs is 7. The molecule has 6 fully saturated rings. The van der Waals surface area contributed by atoms with Gasteiger partial charge in [-0.2, -0.15) is 0 Å². The van der Waals surface area contributed by atoms with Gasteiger partial charge < -0.3 is 10.4 Å². The van der Waals surface area contributed by atoms with Gasteiger partial charge in [0.05, 0.1) is 11.5 Å². The molecule has 54 heavy (non-hydrogen) atoms. The molecule has 0 spiro atoms. The minimum atomic E-state index is -0.762. The molecule has 7 heteroatoms. The number of carbonyl (C=O) groups is 4. The number of carbonyl (C=O) groups excluding carboxylic acids is 3. The number of Topliss-reactive ketones (excluding diaryl/α,β-unsaturated/α-hetero) is 2. The number of aliphatic carboxylic acids is 1. The van der Waals surface area contributed by atoms with Crippen LogP contribution in [-0.2, 0) is 24.7 Å². The molecule has 8 rings (SSSR count). The molecule has 1 aromatic rings. The molecule has 1 amide bonds. The molecule has 7 aliphatic rings. The van der Waals surface area contributed by atoms with Crippen molar-refractivity contribution in [3.8, 4) is 0 Å². The van der Waals surface area contributed by atoms with Gasteiger partial charge in [-0.05, 0) is 152 Å². The quantitative estimate of drug-likeness (QED) is 0.261. The standard InChI is InChI=1S/C47H64ClNO5/c1-26(2)40-36(51)24-46(25-39(52)49-47(20-21-47)28-8-10-30(48)11-9-28)19-15-34-31(41(40)46)12-13-38-44(34,6)18-16-37-43(4,5)29(14-17-45(37,38)7)22-35(50)32-23-33(27(32)3)42(53)54/h8-11,26-27,29,31-34,37-38H,12-25H2,1-7H3,(H,49,52)(H,53,54). The lowest BCUT2D eigenvalue weighted by Gasteiger charge is -2.69. The Hall–Kier alpha value is -2.47.